The quantitative estimate of drug-likeness (QED) is 0.641. The van der Waals surface area contributed by atoms with Crippen LogP contribution in [0.3, 0.4) is 0 Å². The second kappa shape index (κ2) is 8.15. The fourth-order valence-electron chi connectivity index (χ4n) is 2.33. The van der Waals surface area contributed by atoms with Gasteiger partial charge < -0.3 is 15.7 Å². The number of aliphatic hydroxyl groups is 1. The maximum atomic E-state index is 11.7. The number of nitrogens with one attached hydrogen (secondary N) is 2. The Labute approximate surface area is 115 Å². The number of rotatable bonds is 7. The highest BCUT2D eigenvalue weighted by Crippen LogP contribution is 2.24. The zero-order valence-corrected chi connectivity index (χ0v) is 11.9. The Hall–Kier alpha value is -1.10. The maximum Gasteiger partial charge on any atom is 0.223 e. The standard InChI is InChI=1S/C14H26N2O3/c1-10(2)12(9-17)16-13(18)7-8-15-14(19)11-5-3-4-6-11/h10-12,17H,3-9H2,1-2H3,(H,15,19)(H,16,18). The zero-order valence-electron chi connectivity index (χ0n) is 11.9. The van der Waals surface area contributed by atoms with Crippen LogP contribution in [0.25, 0.3) is 0 Å². The van der Waals surface area contributed by atoms with Gasteiger partial charge in [0.2, 0.25) is 11.8 Å². The Kier molecular flexibility index (Phi) is 6.84. The van der Waals surface area contributed by atoms with Crippen LogP contribution in [0.5, 0.6) is 0 Å². The van der Waals surface area contributed by atoms with E-state index in [0.717, 1.165) is 25.7 Å². The van der Waals surface area contributed by atoms with E-state index in [1.54, 1.807) is 0 Å². The molecule has 0 heterocycles. The number of hydrogen-bond acceptors (Lipinski definition) is 3. The Morgan fingerprint density at radius 2 is 1.89 bits per heavy atom. The third kappa shape index (κ3) is 5.59. The lowest BCUT2D eigenvalue weighted by Gasteiger charge is -2.20. The average molecular weight is 270 g/mol. The Morgan fingerprint density at radius 1 is 1.26 bits per heavy atom. The molecule has 2 amide bonds. The smallest absolute Gasteiger partial charge is 0.223 e. The fourth-order valence-corrected chi connectivity index (χ4v) is 2.33. The van der Waals surface area contributed by atoms with Crippen molar-refractivity contribution >= 4 is 11.8 Å². The van der Waals surface area contributed by atoms with Crippen molar-refractivity contribution in [3.8, 4) is 0 Å². The molecule has 5 nitrogen and oxygen atoms in total. The van der Waals surface area contributed by atoms with Gasteiger partial charge in [-0.25, -0.2) is 0 Å². The molecular weight excluding hydrogens is 244 g/mol. The molecule has 19 heavy (non-hydrogen) atoms. The molecular formula is C14H26N2O3. The lowest BCUT2D eigenvalue weighted by atomic mass is 10.1. The molecule has 1 atom stereocenters. The van der Waals surface area contributed by atoms with Crippen LogP contribution in [0.15, 0.2) is 0 Å². The third-order valence-electron chi connectivity index (χ3n) is 3.73. The monoisotopic (exact) mass is 270 g/mol. The van der Waals surface area contributed by atoms with Gasteiger partial charge in [-0.1, -0.05) is 26.7 Å². The van der Waals surface area contributed by atoms with E-state index in [0.29, 0.717) is 6.54 Å². The first-order valence-electron chi connectivity index (χ1n) is 7.22. The molecule has 0 aromatic rings. The minimum absolute atomic E-state index is 0.0577. The van der Waals surface area contributed by atoms with Crippen LogP contribution in [0.4, 0.5) is 0 Å². The van der Waals surface area contributed by atoms with Crippen molar-refractivity contribution in [2.45, 2.75) is 52.0 Å². The number of amides is 2. The van der Waals surface area contributed by atoms with Gasteiger partial charge in [0.05, 0.1) is 12.6 Å². The van der Waals surface area contributed by atoms with Gasteiger partial charge in [-0.3, -0.25) is 9.59 Å². The van der Waals surface area contributed by atoms with Crippen molar-refractivity contribution in [1.82, 2.24) is 10.6 Å². The third-order valence-corrected chi connectivity index (χ3v) is 3.73. The summed E-state index contributed by atoms with van der Waals surface area (Å²) in [5, 5.41) is 14.7. The molecule has 3 N–H and O–H groups in total. The van der Waals surface area contributed by atoms with Crippen LogP contribution in [-0.2, 0) is 9.59 Å². The Morgan fingerprint density at radius 3 is 2.42 bits per heavy atom. The molecule has 5 heteroatoms. The number of carbonyl (C=O) groups is 2. The van der Waals surface area contributed by atoms with Crippen molar-refractivity contribution in [2.75, 3.05) is 13.2 Å². The molecule has 0 spiro atoms. The highest BCUT2D eigenvalue weighted by atomic mass is 16.3. The molecule has 1 rings (SSSR count). The van der Waals surface area contributed by atoms with Crippen LogP contribution in [0, 0.1) is 11.8 Å². The lowest BCUT2D eigenvalue weighted by Crippen LogP contribution is -2.42. The van der Waals surface area contributed by atoms with E-state index in [-0.39, 0.29) is 42.7 Å². The molecule has 1 aliphatic carbocycles. The largest absolute Gasteiger partial charge is 0.394 e. The van der Waals surface area contributed by atoms with Crippen LogP contribution < -0.4 is 10.6 Å². The molecule has 1 fully saturated rings. The van der Waals surface area contributed by atoms with E-state index < -0.39 is 0 Å². The molecule has 0 radical (unpaired) electrons. The number of carbonyl (C=O) groups excluding carboxylic acids is 2. The molecule has 1 aliphatic rings. The topological polar surface area (TPSA) is 78.4 Å². The fraction of sp³-hybridized carbons (Fsp3) is 0.857. The van der Waals surface area contributed by atoms with E-state index >= 15 is 0 Å². The second-order valence-electron chi connectivity index (χ2n) is 5.62. The molecule has 110 valence electrons. The van der Waals surface area contributed by atoms with E-state index in [2.05, 4.69) is 10.6 Å². The van der Waals surface area contributed by atoms with E-state index in [4.69, 9.17) is 5.11 Å². The molecule has 1 unspecified atom stereocenters. The summed E-state index contributed by atoms with van der Waals surface area (Å²) in [5.41, 5.74) is 0. The predicted molar refractivity (Wildman–Crippen MR) is 73.4 cm³/mol. The van der Waals surface area contributed by atoms with Crippen molar-refractivity contribution < 1.29 is 14.7 Å². The summed E-state index contributed by atoms with van der Waals surface area (Å²) in [5.74, 6) is 0.290. The normalized spacial score (nSPS) is 17.5. The SMILES string of the molecule is CC(C)C(CO)NC(=O)CCNC(=O)C1CCCC1. The zero-order chi connectivity index (χ0) is 14.3. The Bertz CT molecular complexity index is 299. The van der Waals surface area contributed by atoms with E-state index in [1.165, 1.54) is 0 Å². The van der Waals surface area contributed by atoms with E-state index in [9.17, 15) is 9.59 Å². The maximum absolute atomic E-state index is 11.7. The van der Waals surface area contributed by atoms with Crippen molar-refractivity contribution in [2.24, 2.45) is 11.8 Å². The van der Waals surface area contributed by atoms with Crippen LogP contribution in [-0.4, -0.2) is 36.1 Å². The van der Waals surface area contributed by atoms with Crippen LogP contribution >= 0.6 is 0 Å². The van der Waals surface area contributed by atoms with Gasteiger partial charge in [0, 0.05) is 18.9 Å². The summed E-state index contributed by atoms with van der Waals surface area (Å²) in [6, 6.07) is -0.210. The Balaban J connectivity index is 2.17. The molecule has 0 saturated heterocycles. The van der Waals surface area contributed by atoms with Gasteiger partial charge in [0.15, 0.2) is 0 Å². The predicted octanol–water partition coefficient (Wildman–Crippen LogP) is 0.816. The minimum Gasteiger partial charge on any atom is -0.394 e. The first-order valence-corrected chi connectivity index (χ1v) is 7.22. The number of aliphatic hydroxyl groups excluding tert-OH is 1. The second-order valence-corrected chi connectivity index (χ2v) is 5.62. The van der Waals surface area contributed by atoms with Crippen LogP contribution in [0.1, 0.15) is 46.0 Å². The van der Waals surface area contributed by atoms with Crippen molar-refractivity contribution in [3.05, 3.63) is 0 Å². The number of hydrogen-bond donors (Lipinski definition) is 3. The first kappa shape index (κ1) is 16.0. The van der Waals surface area contributed by atoms with Gasteiger partial charge >= 0.3 is 0 Å². The van der Waals surface area contributed by atoms with Gasteiger partial charge in [-0.15, -0.1) is 0 Å². The van der Waals surface area contributed by atoms with Crippen LogP contribution in [0.2, 0.25) is 0 Å². The minimum atomic E-state index is -0.210. The lowest BCUT2D eigenvalue weighted by molar-refractivity contribution is -0.125. The molecule has 0 aromatic heterocycles. The van der Waals surface area contributed by atoms with Gasteiger partial charge in [0.25, 0.3) is 0 Å². The summed E-state index contributed by atoms with van der Waals surface area (Å²) in [6.45, 7) is 4.21. The summed E-state index contributed by atoms with van der Waals surface area (Å²) in [4.78, 5) is 23.4. The summed E-state index contributed by atoms with van der Waals surface area (Å²) in [6.07, 6.45) is 4.47. The summed E-state index contributed by atoms with van der Waals surface area (Å²) >= 11 is 0. The van der Waals surface area contributed by atoms with Gasteiger partial charge in [0.1, 0.15) is 0 Å². The molecule has 0 aliphatic heterocycles. The highest BCUT2D eigenvalue weighted by molar-refractivity contribution is 5.80. The van der Waals surface area contributed by atoms with E-state index in [1.807, 2.05) is 13.8 Å². The van der Waals surface area contributed by atoms with Gasteiger partial charge in [-0.2, -0.15) is 0 Å². The summed E-state index contributed by atoms with van der Waals surface area (Å²) < 4.78 is 0. The van der Waals surface area contributed by atoms with Gasteiger partial charge in [-0.05, 0) is 18.8 Å². The van der Waals surface area contributed by atoms with Crippen molar-refractivity contribution in [3.63, 3.8) is 0 Å². The molecule has 0 aromatic carbocycles. The highest BCUT2D eigenvalue weighted by Gasteiger charge is 2.22. The first-order chi connectivity index (χ1) is 9.04. The van der Waals surface area contributed by atoms with Crippen molar-refractivity contribution in [1.29, 1.82) is 0 Å². The molecule has 0 bridgehead atoms. The average Bonchev–Trinajstić information content (AvgIpc) is 2.89. The molecule has 1 saturated carbocycles. The summed E-state index contributed by atoms with van der Waals surface area (Å²) in [7, 11) is 0.